The van der Waals surface area contributed by atoms with E-state index in [1.807, 2.05) is 0 Å². The van der Waals surface area contributed by atoms with E-state index in [1.165, 1.54) is 0 Å². The fraction of sp³-hybridized carbons (Fsp3) is 0.909. The lowest BCUT2D eigenvalue weighted by Gasteiger charge is -2.17. The Morgan fingerprint density at radius 3 is 2.53 bits per heavy atom. The second-order valence-corrected chi connectivity index (χ2v) is 4.05. The highest BCUT2D eigenvalue weighted by molar-refractivity contribution is 5.74. The lowest BCUT2D eigenvalue weighted by molar-refractivity contribution is 0.239. The van der Waals surface area contributed by atoms with Crippen LogP contribution in [0.15, 0.2) is 0 Å². The molecule has 1 aliphatic carbocycles. The van der Waals surface area contributed by atoms with Gasteiger partial charge in [-0.25, -0.2) is 4.79 Å². The van der Waals surface area contributed by atoms with Gasteiger partial charge in [-0.2, -0.15) is 0 Å². The van der Waals surface area contributed by atoms with Gasteiger partial charge in [0.25, 0.3) is 0 Å². The predicted octanol–water partition coefficient (Wildman–Crippen LogP) is 1.18. The van der Waals surface area contributed by atoms with Crippen LogP contribution in [0.1, 0.15) is 33.1 Å². The van der Waals surface area contributed by atoms with Crippen molar-refractivity contribution in [1.82, 2.24) is 15.5 Å². The summed E-state index contributed by atoms with van der Waals surface area (Å²) in [5.74, 6) is 0. The van der Waals surface area contributed by atoms with Crippen molar-refractivity contribution in [2.75, 3.05) is 26.2 Å². The molecule has 88 valence electrons. The number of rotatable bonds is 7. The molecule has 2 amide bonds. The average Bonchev–Trinajstić information content (AvgIpc) is 3.02. The molecule has 0 radical (unpaired) electrons. The lowest BCUT2D eigenvalue weighted by atomic mass is 10.3. The summed E-state index contributed by atoms with van der Waals surface area (Å²) in [6, 6.07) is 0.449. The van der Waals surface area contributed by atoms with Crippen LogP contribution in [0.25, 0.3) is 0 Å². The van der Waals surface area contributed by atoms with Crippen molar-refractivity contribution in [3.8, 4) is 0 Å². The molecule has 15 heavy (non-hydrogen) atoms. The highest BCUT2D eigenvalue weighted by Crippen LogP contribution is 2.18. The second-order valence-electron chi connectivity index (χ2n) is 4.05. The Morgan fingerprint density at radius 2 is 2.00 bits per heavy atom. The molecule has 0 aromatic carbocycles. The van der Waals surface area contributed by atoms with Crippen LogP contribution in [-0.2, 0) is 0 Å². The molecule has 0 unspecified atom stereocenters. The molecule has 0 saturated heterocycles. The number of hydrogen-bond donors (Lipinski definition) is 2. The standard InChI is InChI=1S/C11H23N3O/c1-3-14(4-2)9-5-8-12-11(15)13-10-6-7-10/h10H,3-9H2,1-2H3,(H2,12,13,15). The number of urea groups is 1. The molecule has 4 heteroatoms. The number of nitrogens with one attached hydrogen (secondary N) is 2. The van der Waals surface area contributed by atoms with Gasteiger partial charge in [0, 0.05) is 12.6 Å². The van der Waals surface area contributed by atoms with Gasteiger partial charge in [0.1, 0.15) is 0 Å². The second kappa shape index (κ2) is 6.67. The van der Waals surface area contributed by atoms with E-state index in [9.17, 15) is 4.79 Å². The molecule has 0 aromatic rings. The van der Waals surface area contributed by atoms with E-state index in [0.717, 1.165) is 45.4 Å². The van der Waals surface area contributed by atoms with Gasteiger partial charge < -0.3 is 15.5 Å². The zero-order valence-corrected chi connectivity index (χ0v) is 9.88. The third kappa shape index (κ3) is 5.62. The Bertz CT molecular complexity index is 188. The monoisotopic (exact) mass is 213 g/mol. The SMILES string of the molecule is CCN(CC)CCCNC(=O)NC1CC1. The van der Waals surface area contributed by atoms with Crippen LogP contribution in [0.4, 0.5) is 4.79 Å². The topological polar surface area (TPSA) is 44.4 Å². The van der Waals surface area contributed by atoms with Gasteiger partial charge in [0.2, 0.25) is 0 Å². The molecular weight excluding hydrogens is 190 g/mol. The summed E-state index contributed by atoms with van der Waals surface area (Å²) >= 11 is 0. The molecule has 0 aliphatic heterocycles. The van der Waals surface area contributed by atoms with Crippen molar-refractivity contribution in [1.29, 1.82) is 0 Å². The third-order valence-corrected chi connectivity index (χ3v) is 2.74. The minimum atomic E-state index is -0.00273. The number of carbonyl (C=O) groups is 1. The molecule has 0 bridgehead atoms. The fourth-order valence-electron chi connectivity index (χ4n) is 1.51. The Labute approximate surface area is 92.4 Å². The van der Waals surface area contributed by atoms with Gasteiger partial charge in [-0.3, -0.25) is 0 Å². The minimum Gasteiger partial charge on any atom is -0.338 e. The highest BCUT2D eigenvalue weighted by Gasteiger charge is 2.22. The number of amides is 2. The Hall–Kier alpha value is -0.770. The largest absolute Gasteiger partial charge is 0.338 e. The average molecular weight is 213 g/mol. The van der Waals surface area contributed by atoms with E-state index in [-0.39, 0.29) is 6.03 Å². The summed E-state index contributed by atoms with van der Waals surface area (Å²) in [6.07, 6.45) is 3.32. The Balaban J connectivity index is 1.92. The first-order valence-corrected chi connectivity index (χ1v) is 6.03. The van der Waals surface area contributed by atoms with Crippen LogP contribution in [0, 0.1) is 0 Å². The quantitative estimate of drug-likeness (QED) is 0.624. The van der Waals surface area contributed by atoms with E-state index < -0.39 is 0 Å². The molecule has 1 aliphatic rings. The molecule has 2 N–H and O–H groups in total. The molecular formula is C11H23N3O. The maximum absolute atomic E-state index is 11.2. The van der Waals surface area contributed by atoms with Crippen molar-refractivity contribution in [2.24, 2.45) is 0 Å². The van der Waals surface area contributed by atoms with E-state index >= 15 is 0 Å². The molecule has 1 rings (SSSR count). The number of carbonyl (C=O) groups excluding carboxylic acids is 1. The predicted molar refractivity (Wildman–Crippen MR) is 62.0 cm³/mol. The van der Waals surface area contributed by atoms with Crippen LogP contribution in [0.2, 0.25) is 0 Å². The fourth-order valence-corrected chi connectivity index (χ4v) is 1.51. The number of hydrogen-bond acceptors (Lipinski definition) is 2. The van der Waals surface area contributed by atoms with Gasteiger partial charge in [0.15, 0.2) is 0 Å². The van der Waals surface area contributed by atoms with Crippen molar-refractivity contribution in [2.45, 2.75) is 39.2 Å². The number of nitrogens with zero attached hydrogens (tertiary/aromatic N) is 1. The summed E-state index contributed by atoms with van der Waals surface area (Å²) in [7, 11) is 0. The summed E-state index contributed by atoms with van der Waals surface area (Å²) in [5.41, 5.74) is 0. The van der Waals surface area contributed by atoms with Crippen molar-refractivity contribution in [3.63, 3.8) is 0 Å². The van der Waals surface area contributed by atoms with Crippen LogP contribution in [0.5, 0.6) is 0 Å². The highest BCUT2D eigenvalue weighted by atomic mass is 16.2. The van der Waals surface area contributed by atoms with Crippen molar-refractivity contribution in [3.05, 3.63) is 0 Å². The van der Waals surface area contributed by atoms with Crippen molar-refractivity contribution >= 4 is 6.03 Å². The Morgan fingerprint density at radius 1 is 1.33 bits per heavy atom. The molecule has 1 saturated carbocycles. The first kappa shape index (κ1) is 12.3. The van der Waals surface area contributed by atoms with Gasteiger partial charge in [-0.05, 0) is 38.9 Å². The maximum Gasteiger partial charge on any atom is 0.315 e. The molecule has 0 aromatic heterocycles. The smallest absolute Gasteiger partial charge is 0.315 e. The first-order valence-electron chi connectivity index (χ1n) is 6.03. The molecule has 4 nitrogen and oxygen atoms in total. The van der Waals surface area contributed by atoms with Gasteiger partial charge in [0.05, 0.1) is 0 Å². The van der Waals surface area contributed by atoms with E-state index in [1.54, 1.807) is 0 Å². The summed E-state index contributed by atoms with van der Waals surface area (Å²) in [6.45, 7) is 8.34. The van der Waals surface area contributed by atoms with E-state index in [2.05, 4.69) is 29.4 Å². The van der Waals surface area contributed by atoms with E-state index in [0.29, 0.717) is 6.04 Å². The normalized spacial score (nSPS) is 15.4. The third-order valence-electron chi connectivity index (χ3n) is 2.74. The lowest BCUT2D eigenvalue weighted by Crippen LogP contribution is -2.38. The summed E-state index contributed by atoms with van der Waals surface area (Å²) in [4.78, 5) is 13.6. The van der Waals surface area contributed by atoms with E-state index in [4.69, 9.17) is 0 Å². The van der Waals surface area contributed by atoms with Crippen LogP contribution < -0.4 is 10.6 Å². The van der Waals surface area contributed by atoms with Crippen molar-refractivity contribution < 1.29 is 4.79 Å². The minimum absolute atomic E-state index is 0.00273. The summed E-state index contributed by atoms with van der Waals surface area (Å²) < 4.78 is 0. The Kier molecular flexibility index (Phi) is 5.47. The molecule has 1 fully saturated rings. The zero-order chi connectivity index (χ0) is 11.1. The van der Waals surface area contributed by atoms with Crippen LogP contribution >= 0.6 is 0 Å². The van der Waals surface area contributed by atoms with Crippen LogP contribution in [-0.4, -0.2) is 43.2 Å². The zero-order valence-electron chi connectivity index (χ0n) is 9.88. The van der Waals surface area contributed by atoms with Gasteiger partial charge in [-0.15, -0.1) is 0 Å². The van der Waals surface area contributed by atoms with Crippen LogP contribution in [0.3, 0.4) is 0 Å². The molecule has 0 spiro atoms. The molecule has 0 atom stereocenters. The van der Waals surface area contributed by atoms with Gasteiger partial charge >= 0.3 is 6.03 Å². The maximum atomic E-state index is 11.2. The first-order chi connectivity index (χ1) is 7.26. The van der Waals surface area contributed by atoms with Gasteiger partial charge in [-0.1, -0.05) is 13.8 Å². The molecule has 0 heterocycles. The summed E-state index contributed by atoms with van der Waals surface area (Å²) in [5, 5.41) is 5.79.